The van der Waals surface area contributed by atoms with Gasteiger partial charge >= 0.3 is 0 Å². The average molecular weight is 410 g/mol. The Kier molecular flexibility index (Phi) is 6.19. The molecule has 1 aromatic rings. The summed E-state index contributed by atoms with van der Waals surface area (Å²) in [6.45, 7) is 2.11. The first-order chi connectivity index (χ1) is 13.2. The van der Waals surface area contributed by atoms with Crippen molar-refractivity contribution >= 4 is 33.3 Å². The van der Waals surface area contributed by atoms with Crippen LogP contribution in [-0.2, 0) is 19.6 Å². The lowest BCUT2D eigenvalue weighted by atomic mass is 9.97. The summed E-state index contributed by atoms with van der Waals surface area (Å²) < 4.78 is 24.5. The van der Waals surface area contributed by atoms with Crippen molar-refractivity contribution in [3.63, 3.8) is 0 Å². The maximum Gasteiger partial charge on any atom is 0.227 e. The Hall–Kier alpha value is -2.20. The molecule has 9 nitrogen and oxygen atoms in total. The molecule has 1 aromatic heterocycles. The zero-order valence-corrected chi connectivity index (χ0v) is 16.8. The van der Waals surface area contributed by atoms with Crippen molar-refractivity contribution in [3.8, 4) is 0 Å². The summed E-state index contributed by atoms with van der Waals surface area (Å²) in [6, 6.07) is 3.62. The van der Waals surface area contributed by atoms with E-state index in [2.05, 4.69) is 10.3 Å². The lowest BCUT2D eigenvalue weighted by Crippen LogP contribution is -2.41. The van der Waals surface area contributed by atoms with E-state index in [1.165, 1.54) is 10.6 Å². The van der Waals surface area contributed by atoms with Crippen molar-refractivity contribution in [3.05, 3.63) is 18.3 Å². The van der Waals surface area contributed by atoms with E-state index in [1.807, 2.05) is 11.0 Å². The maximum absolute atomic E-state index is 12.5. The van der Waals surface area contributed by atoms with Gasteiger partial charge in [0.2, 0.25) is 21.8 Å². The lowest BCUT2D eigenvalue weighted by Gasteiger charge is -2.32. The molecule has 3 rings (SSSR count). The van der Waals surface area contributed by atoms with Gasteiger partial charge in [0.25, 0.3) is 0 Å². The van der Waals surface area contributed by atoms with Crippen LogP contribution in [0.2, 0.25) is 0 Å². The van der Waals surface area contributed by atoms with Crippen LogP contribution in [0.4, 0.5) is 11.5 Å². The largest absolute Gasteiger partial charge is 0.369 e. The number of sulfonamides is 1. The molecule has 3 N–H and O–H groups in total. The number of carbonyl (C=O) groups is 2. The average Bonchev–Trinajstić information content (AvgIpc) is 2.68. The summed E-state index contributed by atoms with van der Waals surface area (Å²) in [6.07, 6.45) is 5.50. The summed E-state index contributed by atoms with van der Waals surface area (Å²) in [5, 5.41) is 2.86. The standard InChI is InChI=1S/C18H27N5O4S/c1-28(26,27)23-9-6-13(7-10-23)18(25)21-15-4-5-16(20-11-15)22-8-2-3-14(12-22)17(19)24/h4-5,11,13-14H,2-3,6-10,12H2,1H3,(H2,19,24)(H,21,25). The summed E-state index contributed by atoms with van der Waals surface area (Å²) in [4.78, 5) is 30.3. The molecule has 28 heavy (non-hydrogen) atoms. The fraction of sp³-hybridized carbons (Fsp3) is 0.611. The van der Waals surface area contributed by atoms with Gasteiger partial charge in [0.15, 0.2) is 0 Å². The Labute approximate surface area is 165 Å². The van der Waals surface area contributed by atoms with Crippen molar-refractivity contribution in [2.24, 2.45) is 17.6 Å². The highest BCUT2D eigenvalue weighted by atomic mass is 32.2. The molecular weight excluding hydrogens is 382 g/mol. The molecule has 1 atom stereocenters. The number of amides is 2. The highest BCUT2D eigenvalue weighted by molar-refractivity contribution is 7.88. The second-order valence-corrected chi connectivity index (χ2v) is 9.50. The van der Waals surface area contributed by atoms with E-state index in [0.717, 1.165) is 25.2 Å². The van der Waals surface area contributed by atoms with Crippen molar-refractivity contribution in [2.45, 2.75) is 25.7 Å². The van der Waals surface area contributed by atoms with Crippen LogP contribution in [0.1, 0.15) is 25.7 Å². The predicted octanol–water partition coefficient (Wildman–Crippen LogP) is 0.393. The summed E-state index contributed by atoms with van der Waals surface area (Å²) in [7, 11) is -3.20. The van der Waals surface area contributed by atoms with Crippen LogP contribution in [-0.4, -0.2) is 62.0 Å². The van der Waals surface area contributed by atoms with Crippen molar-refractivity contribution in [1.29, 1.82) is 0 Å². The first kappa shape index (κ1) is 20.5. The van der Waals surface area contributed by atoms with Gasteiger partial charge in [0.05, 0.1) is 24.1 Å². The van der Waals surface area contributed by atoms with Crippen LogP contribution >= 0.6 is 0 Å². The number of piperidine rings is 2. The van der Waals surface area contributed by atoms with Gasteiger partial charge in [-0.25, -0.2) is 17.7 Å². The van der Waals surface area contributed by atoms with Gasteiger partial charge in [-0.3, -0.25) is 9.59 Å². The van der Waals surface area contributed by atoms with Crippen LogP contribution in [0.15, 0.2) is 18.3 Å². The quantitative estimate of drug-likeness (QED) is 0.725. The highest BCUT2D eigenvalue weighted by Gasteiger charge is 2.29. The molecule has 2 fully saturated rings. The molecule has 2 saturated heterocycles. The second kappa shape index (κ2) is 8.44. The first-order valence-corrected chi connectivity index (χ1v) is 11.3. The van der Waals surface area contributed by atoms with Crippen LogP contribution in [0.5, 0.6) is 0 Å². The number of carbonyl (C=O) groups excluding carboxylic acids is 2. The number of nitrogens with one attached hydrogen (secondary N) is 1. The SMILES string of the molecule is CS(=O)(=O)N1CCC(C(=O)Nc2ccc(N3CCCC(C(N)=O)C3)nc2)CC1. The Morgan fingerprint density at radius 1 is 1.14 bits per heavy atom. The van der Waals surface area contributed by atoms with E-state index in [0.29, 0.717) is 38.2 Å². The molecular formula is C18H27N5O4S. The number of anilines is 2. The Bertz CT molecular complexity index is 819. The Morgan fingerprint density at radius 2 is 1.86 bits per heavy atom. The molecule has 154 valence electrons. The number of pyridine rings is 1. The number of aromatic nitrogens is 1. The predicted molar refractivity (Wildman–Crippen MR) is 106 cm³/mol. The fourth-order valence-electron chi connectivity index (χ4n) is 3.76. The number of hydrogen-bond acceptors (Lipinski definition) is 6. The minimum atomic E-state index is -3.20. The maximum atomic E-state index is 12.5. The number of nitrogens with zero attached hydrogens (tertiary/aromatic N) is 3. The van der Waals surface area contributed by atoms with E-state index in [-0.39, 0.29) is 23.7 Å². The van der Waals surface area contributed by atoms with Gasteiger partial charge in [-0.15, -0.1) is 0 Å². The molecule has 1 unspecified atom stereocenters. The van der Waals surface area contributed by atoms with Gasteiger partial charge < -0.3 is 16.0 Å². The number of primary amides is 1. The van der Waals surface area contributed by atoms with Gasteiger partial charge in [-0.05, 0) is 37.8 Å². The topological polar surface area (TPSA) is 126 Å². The fourth-order valence-corrected chi connectivity index (χ4v) is 4.63. The zero-order valence-electron chi connectivity index (χ0n) is 16.0. The number of hydrogen-bond donors (Lipinski definition) is 2. The molecule has 0 saturated carbocycles. The van der Waals surface area contributed by atoms with Crippen LogP contribution in [0.3, 0.4) is 0 Å². The molecule has 0 radical (unpaired) electrons. The van der Waals surface area contributed by atoms with Gasteiger partial charge in [-0.2, -0.15) is 0 Å². The highest BCUT2D eigenvalue weighted by Crippen LogP contribution is 2.24. The molecule has 10 heteroatoms. The minimum Gasteiger partial charge on any atom is -0.369 e. The molecule has 0 spiro atoms. The summed E-state index contributed by atoms with van der Waals surface area (Å²) in [5.41, 5.74) is 6.02. The minimum absolute atomic E-state index is 0.116. The molecule has 2 amide bonds. The Morgan fingerprint density at radius 3 is 2.43 bits per heavy atom. The number of nitrogens with two attached hydrogens (primary N) is 1. The third-order valence-corrected chi connectivity index (χ3v) is 6.76. The van der Waals surface area contributed by atoms with Crippen LogP contribution in [0.25, 0.3) is 0 Å². The van der Waals surface area contributed by atoms with Gasteiger partial charge in [-0.1, -0.05) is 0 Å². The summed E-state index contributed by atoms with van der Waals surface area (Å²) >= 11 is 0. The molecule has 2 aliphatic rings. The van der Waals surface area contributed by atoms with Crippen LogP contribution < -0.4 is 16.0 Å². The van der Waals surface area contributed by atoms with E-state index < -0.39 is 10.0 Å². The Balaban J connectivity index is 1.54. The van der Waals surface area contributed by atoms with Crippen molar-refractivity contribution < 1.29 is 18.0 Å². The van der Waals surface area contributed by atoms with E-state index in [1.54, 1.807) is 12.3 Å². The molecule has 0 aromatic carbocycles. The van der Waals surface area contributed by atoms with Gasteiger partial charge in [0, 0.05) is 32.1 Å². The van der Waals surface area contributed by atoms with E-state index >= 15 is 0 Å². The molecule has 2 aliphatic heterocycles. The molecule has 0 bridgehead atoms. The molecule has 0 aliphatic carbocycles. The lowest BCUT2D eigenvalue weighted by molar-refractivity contribution is -0.122. The summed E-state index contributed by atoms with van der Waals surface area (Å²) in [5.74, 6) is -0.0146. The van der Waals surface area contributed by atoms with E-state index in [9.17, 15) is 18.0 Å². The normalized spacial score (nSPS) is 22.0. The smallest absolute Gasteiger partial charge is 0.227 e. The van der Waals surface area contributed by atoms with Crippen molar-refractivity contribution in [1.82, 2.24) is 9.29 Å². The van der Waals surface area contributed by atoms with Gasteiger partial charge in [0.1, 0.15) is 5.82 Å². The zero-order chi connectivity index (χ0) is 20.3. The monoisotopic (exact) mass is 409 g/mol. The second-order valence-electron chi connectivity index (χ2n) is 7.52. The third-order valence-electron chi connectivity index (χ3n) is 5.46. The van der Waals surface area contributed by atoms with Crippen LogP contribution in [0, 0.1) is 11.8 Å². The number of rotatable bonds is 5. The van der Waals surface area contributed by atoms with Crippen molar-refractivity contribution in [2.75, 3.05) is 42.7 Å². The molecule has 3 heterocycles. The third kappa shape index (κ3) is 4.99. The van der Waals surface area contributed by atoms with E-state index in [4.69, 9.17) is 5.73 Å². The first-order valence-electron chi connectivity index (χ1n) is 9.50.